The van der Waals surface area contributed by atoms with E-state index in [2.05, 4.69) is 85.1 Å². The Labute approximate surface area is 180 Å². The second-order valence-electron chi connectivity index (χ2n) is 8.51. The Morgan fingerprint density at radius 3 is 1.90 bits per heavy atom. The van der Waals surface area contributed by atoms with Crippen molar-refractivity contribution in [1.29, 1.82) is 0 Å². The van der Waals surface area contributed by atoms with E-state index in [1.165, 1.54) is 62.9 Å². The normalized spacial score (nSPS) is 13.1. The molecule has 0 saturated heterocycles. The van der Waals surface area contributed by atoms with Gasteiger partial charge in [-0.2, -0.15) is 0 Å². The van der Waals surface area contributed by atoms with Gasteiger partial charge in [-0.15, -0.1) is 0 Å². The number of hydrogen-bond acceptors (Lipinski definition) is 2. The summed E-state index contributed by atoms with van der Waals surface area (Å²) >= 11 is -2.66. The molecular weight excluding hydrogens is 461 g/mol. The first-order chi connectivity index (χ1) is 14.3. The SMILES string of the molecule is CCC[CH2][Sn]([CH2]CCC)([CH2]CCC)[CH](c1ccccc1)n1nnc2ccccc21. The molecule has 0 aliphatic heterocycles. The molecule has 3 rings (SSSR count). The quantitative estimate of drug-likeness (QED) is 0.244. The van der Waals surface area contributed by atoms with Crippen LogP contribution in [-0.4, -0.2) is 33.4 Å². The van der Waals surface area contributed by atoms with Gasteiger partial charge in [-0.05, 0) is 0 Å². The third-order valence-electron chi connectivity index (χ3n) is 6.40. The molecule has 0 aliphatic carbocycles. The van der Waals surface area contributed by atoms with Crippen LogP contribution in [0, 0.1) is 0 Å². The van der Waals surface area contributed by atoms with Gasteiger partial charge < -0.3 is 0 Å². The van der Waals surface area contributed by atoms with Crippen molar-refractivity contribution in [2.45, 2.75) is 76.7 Å². The van der Waals surface area contributed by atoms with Crippen LogP contribution in [-0.2, 0) is 0 Å². The van der Waals surface area contributed by atoms with Crippen LogP contribution in [0.4, 0.5) is 0 Å². The summed E-state index contributed by atoms with van der Waals surface area (Å²) in [6.07, 6.45) is 7.95. The molecule has 0 amide bonds. The standard InChI is InChI=1S/C13H10N3.3C4H9.Sn/c1-2-6-11(7-3-1)10-16-13-9-5-4-8-12(13)14-15-16;3*1-3-4-2;/h1-10H;3*1,3-4H2,2H3;. The van der Waals surface area contributed by atoms with Gasteiger partial charge in [-0.25, -0.2) is 0 Å². The second-order valence-corrected chi connectivity index (χ2v) is 22.1. The molecule has 1 aromatic heterocycles. The summed E-state index contributed by atoms with van der Waals surface area (Å²) in [4.78, 5) is 0. The molecule has 3 nitrogen and oxygen atoms in total. The molecule has 156 valence electrons. The number of aromatic nitrogens is 3. The molecule has 0 N–H and O–H groups in total. The third kappa shape index (κ3) is 5.22. The first-order valence-corrected chi connectivity index (χ1v) is 19.3. The molecule has 2 aromatic carbocycles. The summed E-state index contributed by atoms with van der Waals surface area (Å²) in [5, 5.41) is 9.35. The third-order valence-corrected chi connectivity index (χ3v) is 22.9. The van der Waals surface area contributed by atoms with E-state index in [9.17, 15) is 0 Å². The first kappa shape index (κ1) is 22.3. The van der Waals surface area contributed by atoms with Gasteiger partial charge in [0.25, 0.3) is 0 Å². The van der Waals surface area contributed by atoms with E-state index in [-0.39, 0.29) is 0 Å². The van der Waals surface area contributed by atoms with Crippen molar-refractivity contribution in [3.8, 4) is 0 Å². The van der Waals surface area contributed by atoms with E-state index in [0.717, 1.165) is 5.52 Å². The Kier molecular flexibility index (Phi) is 8.58. The Morgan fingerprint density at radius 2 is 1.31 bits per heavy atom. The van der Waals surface area contributed by atoms with E-state index in [0.29, 0.717) is 4.06 Å². The first-order valence-electron chi connectivity index (χ1n) is 11.6. The number of benzene rings is 2. The zero-order valence-electron chi connectivity index (χ0n) is 18.5. The van der Waals surface area contributed by atoms with Crippen molar-refractivity contribution < 1.29 is 0 Å². The van der Waals surface area contributed by atoms with Gasteiger partial charge in [-0.1, -0.05) is 0 Å². The van der Waals surface area contributed by atoms with Crippen LogP contribution in [0.15, 0.2) is 54.6 Å². The average Bonchev–Trinajstić information content (AvgIpc) is 3.19. The van der Waals surface area contributed by atoms with Crippen molar-refractivity contribution in [2.75, 3.05) is 0 Å². The fourth-order valence-corrected chi connectivity index (χ4v) is 23.0. The Bertz CT molecular complexity index is 837. The van der Waals surface area contributed by atoms with Gasteiger partial charge in [-0.3, -0.25) is 0 Å². The van der Waals surface area contributed by atoms with Gasteiger partial charge in [0.05, 0.1) is 0 Å². The molecule has 29 heavy (non-hydrogen) atoms. The molecule has 0 spiro atoms. The predicted octanol–water partition coefficient (Wildman–Crippen LogP) is 7.41. The van der Waals surface area contributed by atoms with Crippen molar-refractivity contribution in [3.05, 3.63) is 60.2 Å². The van der Waals surface area contributed by atoms with E-state index in [1.54, 1.807) is 0 Å². The molecule has 0 radical (unpaired) electrons. The van der Waals surface area contributed by atoms with Crippen molar-refractivity contribution in [1.82, 2.24) is 15.0 Å². The summed E-state index contributed by atoms with van der Waals surface area (Å²) in [7, 11) is 0. The van der Waals surface area contributed by atoms with Gasteiger partial charge >= 0.3 is 181 Å². The summed E-state index contributed by atoms with van der Waals surface area (Å²) in [5.41, 5.74) is 3.68. The molecule has 1 heterocycles. The molecular formula is C25H37N3Sn. The zero-order chi connectivity index (χ0) is 20.5. The van der Waals surface area contributed by atoms with Crippen LogP contribution in [0.2, 0.25) is 13.3 Å². The van der Waals surface area contributed by atoms with Gasteiger partial charge in [0.15, 0.2) is 0 Å². The van der Waals surface area contributed by atoms with Crippen molar-refractivity contribution in [2.24, 2.45) is 0 Å². The Morgan fingerprint density at radius 1 is 0.759 bits per heavy atom. The maximum absolute atomic E-state index is 4.78. The number of rotatable bonds is 12. The molecule has 0 fully saturated rings. The molecule has 1 atom stereocenters. The summed E-state index contributed by atoms with van der Waals surface area (Å²) in [5.74, 6) is 0. The molecule has 1 unspecified atom stereocenters. The van der Waals surface area contributed by atoms with E-state index < -0.39 is 18.4 Å². The fourth-order valence-electron chi connectivity index (χ4n) is 4.84. The number of fused-ring (bicyclic) bond motifs is 1. The predicted molar refractivity (Wildman–Crippen MR) is 127 cm³/mol. The summed E-state index contributed by atoms with van der Waals surface area (Å²) in [6.45, 7) is 7.04. The van der Waals surface area contributed by atoms with Crippen LogP contribution in [0.3, 0.4) is 0 Å². The van der Waals surface area contributed by atoms with E-state index in [4.69, 9.17) is 5.21 Å². The van der Waals surface area contributed by atoms with Crippen LogP contribution in [0.1, 0.15) is 68.9 Å². The molecule has 0 aliphatic rings. The van der Waals surface area contributed by atoms with Crippen LogP contribution < -0.4 is 0 Å². The number of nitrogens with zero attached hydrogens (tertiary/aromatic N) is 3. The Balaban J connectivity index is 2.18. The van der Waals surface area contributed by atoms with Crippen molar-refractivity contribution >= 4 is 29.4 Å². The fraction of sp³-hybridized carbons (Fsp3) is 0.520. The molecule has 0 saturated carbocycles. The molecule has 0 bridgehead atoms. The number of hydrogen-bond donors (Lipinski definition) is 0. The minimum absolute atomic E-state index is 0.433. The van der Waals surface area contributed by atoms with Gasteiger partial charge in [0.1, 0.15) is 0 Å². The number of unbranched alkanes of at least 4 members (excludes halogenated alkanes) is 3. The zero-order valence-corrected chi connectivity index (χ0v) is 21.3. The van der Waals surface area contributed by atoms with Crippen LogP contribution >= 0.6 is 0 Å². The molecule has 4 heteroatoms. The topological polar surface area (TPSA) is 30.7 Å². The number of para-hydroxylation sites is 1. The Hall–Kier alpha value is -1.36. The van der Waals surface area contributed by atoms with E-state index >= 15 is 0 Å². The van der Waals surface area contributed by atoms with Gasteiger partial charge in [0.2, 0.25) is 0 Å². The second kappa shape index (κ2) is 11.1. The van der Waals surface area contributed by atoms with Crippen molar-refractivity contribution in [3.63, 3.8) is 0 Å². The minimum atomic E-state index is -2.66. The summed E-state index contributed by atoms with van der Waals surface area (Å²) in [6, 6.07) is 19.7. The van der Waals surface area contributed by atoms with Crippen LogP contribution in [0.25, 0.3) is 11.0 Å². The average molecular weight is 498 g/mol. The maximum atomic E-state index is 4.78. The van der Waals surface area contributed by atoms with Crippen LogP contribution in [0.5, 0.6) is 0 Å². The van der Waals surface area contributed by atoms with E-state index in [1.807, 2.05) is 0 Å². The monoisotopic (exact) mass is 499 g/mol. The molecule has 3 aromatic rings. The van der Waals surface area contributed by atoms with Gasteiger partial charge in [0, 0.05) is 0 Å². The summed E-state index contributed by atoms with van der Waals surface area (Å²) < 4.78 is 7.14.